The Kier molecular flexibility index (Phi) is 9.80. The van der Waals surface area contributed by atoms with Crippen LogP contribution in [0.5, 0.6) is 0 Å². The van der Waals surface area contributed by atoms with Crippen LogP contribution < -0.4 is 16.0 Å². The third-order valence-electron chi connectivity index (χ3n) is 8.63. The van der Waals surface area contributed by atoms with Gasteiger partial charge < -0.3 is 25.7 Å². The van der Waals surface area contributed by atoms with Crippen molar-refractivity contribution < 1.29 is 19.8 Å². The molecule has 0 aliphatic carbocycles. The highest BCUT2D eigenvalue weighted by atomic mass is 16.4. The highest BCUT2D eigenvalue weighted by Gasteiger charge is 2.36. The maximum Gasteiger partial charge on any atom is 0.334 e. The maximum atomic E-state index is 12.2. The highest BCUT2D eigenvalue weighted by molar-refractivity contribution is 5.99. The number of guanidine groups is 1. The molecular weight excluding hydrogens is 568 g/mol. The first-order valence-electron chi connectivity index (χ1n) is 15.2. The van der Waals surface area contributed by atoms with Gasteiger partial charge in [0, 0.05) is 23.6 Å². The third-order valence-corrected chi connectivity index (χ3v) is 8.63. The number of piperidine rings is 1. The van der Waals surface area contributed by atoms with Crippen molar-refractivity contribution in [1.29, 1.82) is 5.26 Å². The largest absolute Gasteiger partial charge is 0.478 e. The van der Waals surface area contributed by atoms with Gasteiger partial charge in [0.1, 0.15) is 0 Å². The van der Waals surface area contributed by atoms with Crippen LogP contribution in [0.2, 0.25) is 0 Å². The zero-order valence-electron chi connectivity index (χ0n) is 25.5. The highest BCUT2D eigenvalue weighted by Crippen LogP contribution is 2.39. The zero-order valence-corrected chi connectivity index (χ0v) is 25.5. The van der Waals surface area contributed by atoms with Crippen molar-refractivity contribution in [3.63, 3.8) is 0 Å². The molecule has 5 N–H and O–H groups in total. The number of anilines is 1. The predicted octanol–water partition coefficient (Wildman–Crippen LogP) is 5.35. The van der Waals surface area contributed by atoms with Crippen LogP contribution in [0.3, 0.4) is 0 Å². The van der Waals surface area contributed by atoms with Gasteiger partial charge in [-0.2, -0.15) is 5.26 Å². The summed E-state index contributed by atoms with van der Waals surface area (Å²) in [5.41, 5.74) is 3.21. The SMILES string of the molecule is CC1=C(C(=O)O)C(c2cccc(NC(=NCCCN3CCC(c4cccc5ccccc45)CC3)NC#N)c2)C(C(=O)O)=C(C)N1. The first kappa shape index (κ1) is 31.3. The molecule has 2 heterocycles. The van der Waals surface area contributed by atoms with Crippen LogP contribution >= 0.6 is 0 Å². The van der Waals surface area contributed by atoms with Gasteiger partial charge >= 0.3 is 11.9 Å². The van der Waals surface area contributed by atoms with Crippen molar-refractivity contribution in [2.75, 3.05) is 31.5 Å². The van der Waals surface area contributed by atoms with Gasteiger partial charge in [-0.3, -0.25) is 10.3 Å². The average Bonchev–Trinajstić information content (AvgIpc) is 3.02. The van der Waals surface area contributed by atoms with Crippen molar-refractivity contribution in [3.8, 4) is 6.19 Å². The molecule has 0 bridgehead atoms. The van der Waals surface area contributed by atoms with E-state index in [1.165, 1.54) is 16.3 Å². The molecule has 2 aliphatic rings. The van der Waals surface area contributed by atoms with Gasteiger partial charge in [-0.15, -0.1) is 0 Å². The van der Waals surface area contributed by atoms with E-state index in [1.54, 1.807) is 38.1 Å². The molecule has 2 aliphatic heterocycles. The summed E-state index contributed by atoms with van der Waals surface area (Å²) in [6, 6.07) is 22.0. The van der Waals surface area contributed by atoms with Gasteiger partial charge in [0.05, 0.1) is 17.1 Å². The second-order valence-corrected chi connectivity index (χ2v) is 11.5. The second kappa shape index (κ2) is 14.1. The Bertz CT molecular complexity index is 1690. The maximum absolute atomic E-state index is 12.2. The summed E-state index contributed by atoms with van der Waals surface area (Å²) < 4.78 is 0. The smallest absolute Gasteiger partial charge is 0.334 e. The van der Waals surface area contributed by atoms with E-state index in [0.29, 0.717) is 35.1 Å². The van der Waals surface area contributed by atoms with E-state index < -0.39 is 17.9 Å². The summed E-state index contributed by atoms with van der Waals surface area (Å²) in [6.45, 7) is 6.71. The van der Waals surface area contributed by atoms with Gasteiger partial charge in [0.25, 0.3) is 0 Å². The average molecular weight is 607 g/mol. The van der Waals surface area contributed by atoms with Crippen LogP contribution in [0.15, 0.2) is 94.3 Å². The van der Waals surface area contributed by atoms with Crippen LogP contribution in [0, 0.1) is 11.5 Å². The molecule has 0 unspecified atom stereocenters. The van der Waals surface area contributed by atoms with Crippen molar-refractivity contribution in [3.05, 3.63) is 100 Å². The van der Waals surface area contributed by atoms with E-state index in [2.05, 4.69) is 68.3 Å². The number of benzene rings is 3. The molecule has 0 atom stereocenters. The lowest BCUT2D eigenvalue weighted by Crippen LogP contribution is -2.34. The van der Waals surface area contributed by atoms with Gasteiger partial charge in [-0.05, 0) is 92.7 Å². The van der Waals surface area contributed by atoms with Crippen LogP contribution in [-0.2, 0) is 9.59 Å². The number of likely N-dealkylation sites (tertiary alicyclic amines) is 1. The van der Waals surface area contributed by atoms with Crippen molar-refractivity contribution >= 4 is 34.4 Å². The molecule has 3 aromatic rings. The molecular formula is C35H38N6O4. The quantitative estimate of drug-likeness (QED) is 0.0714. The first-order chi connectivity index (χ1) is 21.8. The standard InChI is InChI=1S/C35H38N6O4/c1-22-30(33(42)43)32(31(34(44)45)23(2)39-22)26-10-5-11-27(20-26)40-35(38-21-36)37-16-7-17-41-18-14-25(15-19-41)29-13-6-9-24-8-3-4-12-28(24)29/h3-6,8-13,20,25,32,39H,7,14-19H2,1-2H3,(H,42,43)(H,44,45)(H2,37,38,40). The summed E-state index contributed by atoms with van der Waals surface area (Å²) in [6.07, 6.45) is 4.97. The van der Waals surface area contributed by atoms with Crippen molar-refractivity contribution in [2.24, 2.45) is 4.99 Å². The normalized spacial score (nSPS) is 16.8. The molecule has 0 saturated carbocycles. The molecule has 5 rings (SSSR count). The minimum Gasteiger partial charge on any atom is -0.478 e. The number of carboxylic acid groups (broad SMARTS) is 2. The van der Waals surface area contributed by atoms with Crippen LogP contribution in [-0.4, -0.2) is 59.2 Å². The van der Waals surface area contributed by atoms with E-state index >= 15 is 0 Å². The number of carboxylic acids is 2. The van der Waals surface area contributed by atoms with Gasteiger partial charge in [-0.25, -0.2) is 9.59 Å². The molecule has 10 nitrogen and oxygen atoms in total. The molecule has 1 saturated heterocycles. The number of carbonyl (C=O) groups is 2. The Labute approximate surface area is 262 Å². The van der Waals surface area contributed by atoms with Crippen molar-refractivity contribution in [1.82, 2.24) is 15.5 Å². The molecule has 10 heteroatoms. The lowest BCUT2D eigenvalue weighted by atomic mass is 9.80. The van der Waals surface area contributed by atoms with E-state index in [9.17, 15) is 25.1 Å². The number of hydrogen-bond donors (Lipinski definition) is 5. The lowest BCUT2D eigenvalue weighted by Gasteiger charge is -2.32. The summed E-state index contributed by atoms with van der Waals surface area (Å²) in [7, 11) is 0. The number of hydrogen-bond acceptors (Lipinski definition) is 6. The molecule has 3 aromatic carbocycles. The van der Waals surface area contributed by atoms with Crippen LogP contribution in [0.4, 0.5) is 5.69 Å². The number of dihydropyridines is 1. The lowest BCUT2D eigenvalue weighted by molar-refractivity contribution is -0.133. The number of fused-ring (bicyclic) bond motifs is 1. The number of nitrogens with one attached hydrogen (secondary N) is 3. The second-order valence-electron chi connectivity index (χ2n) is 11.5. The minimum absolute atomic E-state index is 0.0275. The van der Waals surface area contributed by atoms with E-state index in [4.69, 9.17) is 0 Å². The number of aliphatic carboxylic acids is 2. The van der Waals surface area contributed by atoms with Gasteiger partial charge in [0.15, 0.2) is 6.19 Å². The molecule has 1 fully saturated rings. The van der Waals surface area contributed by atoms with Crippen LogP contribution in [0.1, 0.15) is 56.1 Å². The van der Waals surface area contributed by atoms with E-state index in [0.717, 1.165) is 38.9 Å². The van der Waals surface area contributed by atoms with Crippen LogP contribution in [0.25, 0.3) is 10.8 Å². The van der Waals surface area contributed by atoms with Gasteiger partial charge in [0.2, 0.25) is 5.96 Å². The molecule has 45 heavy (non-hydrogen) atoms. The summed E-state index contributed by atoms with van der Waals surface area (Å²) in [4.78, 5) is 31.4. The Hall–Kier alpha value is -5.14. The number of nitriles is 1. The fourth-order valence-corrected chi connectivity index (χ4v) is 6.55. The summed E-state index contributed by atoms with van der Waals surface area (Å²) >= 11 is 0. The first-order valence-corrected chi connectivity index (χ1v) is 15.2. The number of nitrogens with zero attached hydrogens (tertiary/aromatic N) is 3. The molecule has 0 spiro atoms. The summed E-state index contributed by atoms with van der Waals surface area (Å²) in [5, 5.41) is 40.4. The van der Waals surface area contributed by atoms with Crippen molar-refractivity contribution in [2.45, 2.75) is 44.9 Å². The predicted molar refractivity (Wildman–Crippen MR) is 175 cm³/mol. The van der Waals surface area contributed by atoms with E-state index in [-0.39, 0.29) is 17.1 Å². The Balaban J connectivity index is 1.20. The third kappa shape index (κ3) is 7.16. The number of rotatable bonds is 9. The Morgan fingerprint density at radius 1 is 0.978 bits per heavy atom. The summed E-state index contributed by atoms with van der Waals surface area (Å²) in [5.74, 6) is -2.54. The Morgan fingerprint density at radius 2 is 1.64 bits per heavy atom. The minimum atomic E-state index is -1.19. The number of aliphatic imine (C=N–C) groups is 1. The molecule has 232 valence electrons. The van der Waals surface area contributed by atoms with E-state index in [1.807, 2.05) is 6.19 Å². The fourth-order valence-electron chi connectivity index (χ4n) is 6.55. The Morgan fingerprint density at radius 3 is 2.33 bits per heavy atom. The zero-order chi connectivity index (χ0) is 31.9. The monoisotopic (exact) mass is 606 g/mol. The molecule has 0 amide bonds. The molecule has 0 radical (unpaired) electrons. The topological polar surface area (TPSA) is 150 Å². The fraction of sp³-hybridized carbons (Fsp3) is 0.314. The molecule has 0 aromatic heterocycles. The van der Waals surface area contributed by atoms with Gasteiger partial charge in [-0.1, -0.05) is 54.6 Å². The number of allylic oxidation sites excluding steroid dienone is 2.